The first-order valence-corrected chi connectivity index (χ1v) is 8.13. The Morgan fingerprint density at radius 2 is 1.56 bits per heavy atom. The van der Waals surface area contributed by atoms with Gasteiger partial charge in [-0.05, 0) is 28.8 Å². The first kappa shape index (κ1) is 17.2. The zero-order valence-electron chi connectivity index (χ0n) is 13.9. The molecule has 1 aliphatic rings. The first-order valence-electron chi connectivity index (χ1n) is 7.75. The summed E-state index contributed by atoms with van der Waals surface area (Å²) in [5.74, 6) is -1.88. The highest BCUT2D eigenvalue weighted by atomic mass is 35.5. The molecule has 0 heterocycles. The van der Waals surface area contributed by atoms with Crippen molar-refractivity contribution in [1.82, 2.24) is 0 Å². The molecule has 0 fully saturated rings. The minimum Gasteiger partial charge on any atom is -0.468 e. The van der Waals surface area contributed by atoms with Crippen molar-refractivity contribution >= 4 is 29.6 Å². The van der Waals surface area contributed by atoms with Crippen LogP contribution in [0.15, 0.2) is 54.6 Å². The van der Waals surface area contributed by atoms with Crippen LogP contribution >= 0.6 is 11.6 Å². The number of carbonyl (C=O) groups excluding carboxylic acids is 2. The van der Waals surface area contributed by atoms with Crippen LogP contribution in [-0.4, -0.2) is 26.2 Å². The number of hydrogen-bond acceptors (Lipinski definition) is 4. The Bertz CT molecular complexity index is 823. The van der Waals surface area contributed by atoms with Gasteiger partial charge in [-0.15, -0.1) is 0 Å². The lowest BCUT2D eigenvalue weighted by Crippen LogP contribution is -2.51. The molecule has 0 saturated carbocycles. The van der Waals surface area contributed by atoms with Crippen LogP contribution in [0.5, 0.6) is 0 Å². The van der Waals surface area contributed by atoms with E-state index in [1.165, 1.54) is 14.2 Å². The van der Waals surface area contributed by atoms with Crippen molar-refractivity contribution in [2.24, 2.45) is 0 Å². The Labute approximate surface area is 151 Å². The lowest BCUT2D eigenvalue weighted by atomic mass is 9.63. The molecule has 128 valence electrons. The summed E-state index contributed by atoms with van der Waals surface area (Å²) in [5, 5.41) is 0.575. The molecule has 0 aromatic heterocycles. The minimum absolute atomic E-state index is 0.566. The van der Waals surface area contributed by atoms with Crippen LogP contribution in [0.4, 0.5) is 0 Å². The zero-order chi connectivity index (χ0) is 18.0. The van der Waals surface area contributed by atoms with E-state index in [2.05, 4.69) is 0 Å². The van der Waals surface area contributed by atoms with Gasteiger partial charge in [-0.3, -0.25) is 9.59 Å². The number of allylic oxidation sites excluding steroid dienone is 1. The molecule has 3 rings (SSSR count). The summed E-state index contributed by atoms with van der Waals surface area (Å²) in [6.07, 6.45) is 3.73. The van der Waals surface area contributed by atoms with Gasteiger partial charge in [-0.1, -0.05) is 60.2 Å². The smallest absolute Gasteiger partial charge is 0.328 e. The predicted octanol–water partition coefficient (Wildman–Crippen LogP) is 3.73. The summed E-state index contributed by atoms with van der Waals surface area (Å²) in [4.78, 5) is 25.8. The van der Waals surface area contributed by atoms with Gasteiger partial charge in [0.1, 0.15) is 0 Å². The number of benzene rings is 2. The van der Waals surface area contributed by atoms with E-state index in [4.69, 9.17) is 21.1 Å². The maximum Gasteiger partial charge on any atom is 0.328 e. The normalized spacial score (nSPS) is 17.5. The predicted molar refractivity (Wildman–Crippen MR) is 95.4 cm³/mol. The molecule has 2 aromatic rings. The molecule has 0 N–H and O–H groups in total. The number of ether oxygens (including phenoxy) is 2. The summed E-state index contributed by atoms with van der Waals surface area (Å²) in [6.45, 7) is 0. The minimum atomic E-state index is -1.61. The van der Waals surface area contributed by atoms with E-state index >= 15 is 0 Å². The average molecular weight is 357 g/mol. The summed E-state index contributed by atoms with van der Waals surface area (Å²) in [6, 6.07) is 14.3. The molecule has 0 saturated heterocycles. The highest BCUT2D eigenvalue weighted by Crippen LogP contribution is 2.47. The van der Waals surface area contributed by atoms with E-state index in [-0.39, 0.29) is 0 Å². The van der Waals surface area contributed by atoms with Crippen molar-refractivity contribution in [2.45, 2.75) is 11.3 Å². The monoisotopic (exact) mass is 356 g/mol. The number of fused-ring (bicyclic) bond motifs is 1. The molecule has 0 bridgehead atoms. The Hall–Kier alpha value is -2.59. The van der Waals surface area contributed by atoms with Crippen molar-refractivity contribution in [3.05, 3.63) is 76.3 Å². The van der Waals surface area contributed by atoms with E-state index < -0.39 is 23.3 Å². The number of methoxy groups -OCH3 is 2. The fourth-order valence-electron chi connectivity index (χ4n) is 3.42. The molecule has 0 aliphatic heterocycles. The van der Waals surface area contributed by atoms with Crippen molar-refractivity contribution in [3.63, 3.8) is 0 Å². The van der Waals surface area contributed by atoms with Gasteiger partial charge < -0.3 is 9.47 Å². The molecule has 2 aromatic carbocycles. The van der Waals surface area contributed by atoms with E-state index in [9.17, 15) is 9.59 Å². The van der Waals surface area contributed by atoms with Gasteiger partial charge in [0.2, 0.25) is 5.41 Å². The fourth-order valence-corrected chi connectivity index (χ4v) is 3.55. The first-order chi connectivity index (χ1) is 12.1. The number of esters is 2. The Morgan fingerprint density at radius 1 is 0.960 bits per heavy atom. The highest BCUT2D eigenvalue weighted by molar-refractivity contribution is 6.30. The third kappa shape index (κ3) is 2.63. The maximum atomic E-state index is 12.9. The molecule has 1 atom stereocenters. The van der Waals surface area contributed by atoms with Crippen molar-refractivity contribution in [1.29, 1.82) is 0 Å². The van der Waals surface area contributed by atoms with Crippen molar-refractivity contribution < 1.29 is 19.1 Å². The van der Waals surface area contributed by atoms with Gasteiger partial charge in [0.15, 0.2) is 0 Å². The quantitative estimate of drug-likeness (QED) is 0.621. The van der Waals surface area contributed by atoms with E-state index in [0.717, 1.165) is 11.1 Å². The van der Waals surface area contributed by atoms with Crippen LogP contribution in [0.25, 0.3) is 6.08 Å². The second kappa shape index (κ2) is 6.73. The second-order valence-corrected chi connectivity index (χ2v) is 6.20. The fraction of sp³-hybridized carbons (Fsp3) is 0.200. The second-order valence-electron chi connectivity index (χ2n) is 5.77. The standard InChI is InChI=1S/C20H17ClO4/c1-24-18(22)20(19(23)25-2)16-6-4-3-5-13(16)9-12-17(20)14-7-10-15(21)11-8-14/h3-12,17H,1-2H3. The number of hydrogen-bond donors (Lipinski definition) is 0. The van der Waals surface area contributed by atoms with Crippen molar-refractivity contribution in [3.8, 4) is 0 Å². The van der Waals surface area contributed by atoms with Crippen LogP contribution in [0.1, 0.15) is 22.6 Å². The lowest BCUT2D eigenvalue weighted by Gasteiger charge is -2.38. The molecule has 1 aliphatic carbocycles. The molecule has 4 nitrogen and oxygen atoms in total. The van der Waals surface area contributed by atoms with Gasteiger partial charge in [0.05, 0.1) is 14.2 Å². The van der Waals surface area contributed by atoms with Gasteiger partial charge >= 0.3 is 11.9 Å². The Balaban J connectivity index is 2.31. The zero-order valence-corrected chi connectivity index (χ0v) is 14.6. The molecule has 5 heteroatoms. The molecule has 0 radical (unpaired) electrons. The van der Waals surface area contributed by atoms with E-state index in [1.54, 1.807) is 36.4 Å². The van der Waals surface area contributed by atoms with Gasteiger partial charge in [-0.2, -0.15) is 0 Å². The SMILES string of the molecule is COC(=O)C1(C(=O)OC)c2ccccc2C=CC1c1ccc(Cl)cc1. The third-order valence-electron chi connectivity index (χ3n) is 4.56. The van der Waals surface area contributed by atoms with E-state index in [0.29, 0.717) is 10.6 Å². The number of rotatable bonds is 3. The number of carbonyl (C=O) groups is 2. The summed E-state index contributed by atoms with van der Waals surface area (Å²) in [5.41, 5.74) is 0.508. The molecular formula is C20H17ClO4. The Morgan fingerprint density at radius 3 is 2.16 bits per heavy atom. The summed E-state index contributed by atoms with van der Waals surface area (Å²) < 4.78 is 10.1. The van der Waals surface area contributed by atoms with Crippen LogP contribution in [0, 0.1) is 0 Å². The summed E-state index contributed by atoms with van der Waals surface area (Å²) >= 11 is 5.98. The van der Waals surface area contributed by atoms with E-state index in [1.807, 2.05) is 24.3 Å². The molecular weight excluding hydrogens is 340 g/mol. The molecule has 0 spiro atoms. The van der Waals surface area contributed by atoms with Crippen LogP contribution in [0.2, 0.25) is 5.02 Å². The highest BCUT2D eigenvalue weighted by Gasteiger charge is 2.57. The summed E-state index contributed by atoms with van der Waals surface area (Å²) in [7, 11) is 2.54. The van der Waals surface area contributed by atoms with Gasteiger partial charge in [0.25, 0.3) is 0 Å². The molecule has 25 heavy (non-hydrogen) atoms. The molecule has 0 amide bonds. The van der Waals surface area contributed by atoms with Crippen LogP contribution in [-0.2, 0) is 24.5 Å². The van der Waals surface area contributed by atoms with Crippen LogP contribution in [0.3, 0.4) is 0 Å². The van der Waals surface area contributed by atoms with Gasteiger partial charge in [-0.25, -0.2) is 0 Å². The van der Waals surface area contributed by atoms with Gasteiger partial charge in [0, 0.05) is 10.9 Å². The number of halogens is 1. The largest absolute Gasteiger partial charge is 0.468 e. The average Bonchev–Trinajstić information content (AvgIpc) is 2.66. The van der Waals surface area contributed by atoms with Crippen molar-refractivity contribution in [2.75, 3.05) is 14.2 Å². The maximum absolute atomic E-state index is 12.9. The lowest BCUT2D eigenvalue weighted by molar-refractivity contribution is -0.163. The third-order valence-corrected chi connectivity index (χ3v) is 4.82. The topological polar surface area (TPSA) is 52.6 Å². The van der Waals surface area contributed by atoms with Crippen LogP contribution < -0.4 is 0 Å². The molecule has 1 unspecified atom stereocenters. The Kier molecular flexibility index (Phi) is 4.64.